The lowest BCUT2D eigenvalue weighted by atomic mass is 10.2. The Kier molecular flexibility index (Phi) is 2.70. The zero-order chi connectivity index (χ0) is 11.8. The molecule has 0 radical (unpaired) electrons. The maximum Gasteiger partial charge on any atom is 0.243 e. The van der Waals surface area contributed by atoms with E-state index < -0.39 is 10.0 Å². The average Bonchev–Trinajstić information content (AvgIpc) is 3.12. The number of nitrogens with zero attached hydrogens (tertiary/aromatic N) is 2. The van der Waals surface area contributed by atoms with Gasteiger partial charge in [-0.15, -0.1) is 0 Å². The molecule has 0 amide bonds. The Labute approximate surface area is 95.2 Å². The van der Waals surface area contributed by atoms with Crippen molar-refractivity contribution in [2.75, 3.05) is 7.05 Å². The number of nitriles is 1. The first-order chi connectivity index (χ1) is 7.55. The molecule has 0 spiro atoms. The molecule has 2 rings (SSSR count). The summed E-state index contributed by atoms with van der Waals surface area (Å²) in [6, 6.07) is 8.12. The van der Waals surface area contributed by atoms with Gasteiger partial charge in [0.15, 0.2) is 0 Å². The van der Waals surface area contributed by atoms with E-state index in [2.05, 4.69) is 0 Å². The quantitative estimate of drug-likeness (QED) is 0.795. The third-order valence-corrected chi connectivity index (χ3v) is 4.65. The zero-order valence-electron chi connectivity index (χ0n) is 8.92. The lowest BCUT2D eigenvalue weighted by molar-refractivity contribution is 0.464. The summed E-state index contributed by atoms with van der Waals surface area (Å²) in [7, 11) is -1.77. The van der Waals surface area contributed by atoms with Gasteiger partial charge in [0, 0.05) is 13.1 Å². The minimum atomic E-state index is -3.38. The third-order valence-electron chi connectivity index (χ3n) is 2.72. The van der Waals surface area contributed by atoms with E-state index in [1.165, 1.54) is 28.6 Å². The van der Waals surface area contributed by atoms with Crippen LogP contribution in [0, 0.1) is 11.3 Å². The topological polar surface area (TPSA) is 61.2 Å². The summed E-state index contributed by atoms with van der Waals surface area (Å²) >= 11 is 0. The van der Waals surface area contributed by atoms with Gasteiger partial charge in [-0.2, -0.15) is 9.57 Å². The van der Waals surface area contributed by atoms with Crippen molar-refractivity contribution in [2.45, 2.75) is 23.8 Å². The van der Waals surface area contributed by atoms with Crippen LogP contribution in [0.1, 0.15) is 18.4 Å². The van der Waals surface area contributed by atoms with Crippen LogP contribution in [0.25, 0.3) is 0 Å². The van der Waals surface area contributed by atoms with Gasteiger partial charge in [-0.1, -0.05) is 0 Å². The van der Waals surface area contributed by atoms with Crippen molar-refractivity contribution >= 4 is 10.0 Å². The molecule has 1 saturated carbocycles. The van der Waals surface area contributed by atoms with E-state index in [4.69, 9.17) is 5.26 Å². The molecule has 0 atom stereocenters. The number of benzene rings is 1. The van der Waals surface area contributed by atoms with Crippen molar-refractivity contribution in [3.05, 3.63) is 29.8 Å². The maximum absolute atomic E-state index is 12.1. The van der Waals surface area contributed by atoms with Crippen molar-refractivity contribution in [1.29, 1.82) is 5.26 Å². The number of hydrogen-bond donors (Lipinski definition) is 0. The summed E-state index contributed by atoms with van der Waals surface area (Å²) in [5.74, 6) is 0. The van der Waals surface area contributed by atoms with Crippen LogP contribution in [0.4, 0.5) is 0 Å². The van der Waals surface area contributed by atoms with Crippen LogP contribution in [-0.2, 0) is 10.0 Å². The molecule has 4 nitrogen and oxygen atoms in total. The van der Waals surface area contributed by atoms with Gasteiger partial charge in [0.25, 0.3) is 0 Å². The molecule has 0 aromatic heterocycles. The Morgan fingerprint density at radius 1 is 1.31 bits per heavy atom. The molecule has 84 valence electrons. The summed E-state index contributed by atoms with van der Waals surface area (Å²) in [6.07, 6.45) is 1.87. The van der Waals surface area contributed by atoms with Crippen LogP contribution < -0.4 is 0 Å². The molecule has 5 heteroatoms. The van der Waals surface area contributed by atoms with Gasteiger partial charge in [0.1, 0.15) is 0 Å². The van der Waals surface area contributed by atoms with Crippen molar-refractivity contribution in [3.63, 3.8) is 0 Å². The normalized spacial score (nSPS) is 16.1. The third kappa shape index (κ3) is 1.94. The van der Waals surface area contributed by atoms with Gasteiger partial charge < -0.3 is 0 Å². The average molecular weight is 236 g/mol. The number of sulfonamides is 1. The van der Waals surface area contributed by atoms with Crippen LogP contribution in [-0.4, -0.2) is 25.8 Å². The zero-order valence-corrected chi connectivity index (χ0v) is 9.74. The standard InChI is InChI=1S/C11H12N2O2S/c1-13(10-4-5-10)16(14,15)11-6-2-9(8-12)3-7-11/h2-3,6-7,10H,4-5H2,1H3. The highest BCUT2D eigenvalue weighted by Gasteiger charge is 2.34. The fraction of sp³-hybridized carbons (Fsp3) is 0.364. The smallest absolute Gasteiger partial charge is 0.207 e. The van der Waals surface area contributed by atoms with E-state index in [1.54, 1.807) is 7.05 Å². The Balaban J connectivity index is 2.32. The van der Waals surface area contributed by atoms with E-state index in [0.29, 0.717) is 5.56 Å². The van der Waals surface area contributed by atoms with Crippen molar-refractivity contribution in [1.82, 2.24) is 4.31 Å². The van der Waals surface area contributed by atoms with E-state index in [1.807, 2.05) is 6.07 Å². The molecule has 0 bridgehead atoms. The van der Waals surface area contributed by atoms with Crippen LogP contribution in [0.15, 0.2) is 29.2 Å². The Morgan fingerprint density at radius 2 is 1.88 bits per heavy atom. The monoisotopic (exact) mass is 236 g/mol. The Hall–Kier alpha value is -1.38. The lowest BCUT2D eigenvalue weighted by Gasteiger charge is -2.16. The highest BCUT2D eigenvalue weighted by atomic mass is 32.2. The highest BCUT2D eigenvalue weighted by molar-refractivity contribution is 7.89. The molecular formula is C11H12N2O2S. The molecule has 1 aromatic rings. The van der Waals surface area contributed by atoms with Gasteiger partial charge >= 0.3 is 0 Å². The number of rotatable bonds is 3. The minimum Gasteiger partial charge on any atom is -0.207 e. The van der Waals surface area contributed by atoms with E-state index in [0.717, 1.165) is 12.8 Å². The first kappa shape index (κ1) is 11.1. The Morgan fingerprint density at radius 3 is 2.31 bits per heavy atom. The van der Waals surface area contributed by atoms with Gasteiger partial charge in [-0.25, -0.2) is 8.42 Å². The summed E-state index contributed by atoms with van der Waals surface area (Å²) in [6.45, 7) is 0. The van der Waals surface area contributed by atoms with Crippen LogP contribution >= 0.6 is 0 Å². The predicted octanol–water partition coefficient (Wildman–Crippen LogP) is 1.34. The minimum absolute atomic E-state index is 0.153. The summed E-state index contributed by atoms with van der Waals surface area (Å²) < 4.78 is 25.5. The van der Waals surface area contributed by atoms with Gasteiger partial charge in [-0.05, 0) is 37.1 Å². The molecule has 0 saturated heterocycles. The predicted molar refractivity (Wildman–Crippen MR) is 59.1 cm³/mol. The van der Waals surface area contributed by atoms with Gasteiger partial charge in [0.05, 0.1) is 16.5 Å². The van der Waals surface area contributed by atoms with Crippen LogP contribution in [0.2, 0.25) is 0 Å². The van der Waals surface area contributed by atoms with Crippen molar-refractivity contribution in [2.24, 2.45) is 0 Å². The second kappa shape index (κ2) is 3.89. The van der Waals surface area contributed by atoms with Crippen LogP contribution in [0.5, 0.6) is 0 Å². The fourth-order valence-electron chi connectivity index (χ4n) is 1.50. The maximum atomic E-state index is 12.1. The Bertz CT molecular complexity index is 524. The highest BCUT2D eigenvalue weighted by Crippen LogP contribution is 2.30. The van der Waals surface area contributed by atoms with Gasteiger partial charge in [-0.3, -0.25) is 0 Å². The fourth-order valence-corrected chi connectivity index (χ4v) is 2.92. The second-order valence-corrected chi connectivity index (χ2v) is 5.89. The van der Waals surface area contributed by atoms with E-state index in [9.17, 15) is 8.42 Å². The molecule has 0 unspecified atom stereocenters. The summed E-state index contributed by atoms with van der Waals surface area (Å²) in [5.41, 5.74) is 0.466. The number of hydrogen-bond acceptors (Lipinski definition) is 3. The van der Waals surface area contributed by atoms with E-state index in [-0.39, 0.29) is 10.9 Å². The summed E-state index contributed by atoms with van der Waals surface area (Å²) in [5, 5.41) is 8.63. The molecule has 1 aliphatic carbocycles. The second-order valence-electron chi connectivity index (χ2n) is 3.89. The molecule has 1 aliphatic rings. The van der Waals surface area contributed by atoms with Crippen molar-refractivity contribution in [3.8, 4) is 6.07 Å². The molecule has 0 N–H and O–H groups in total. The molecule has 0 aliphatic heterocycles. The first-order valence-corrected chi connectivity index (χ1v) is 6.48. The molecule has 0 heterocycles. The molecule has 16 heavy (non-hydrogen) atoms. The molecular weight excluding hydrogens is 224 g/mol. The SMILES string of the molecule is CN(C1CC1)S(=O)(=O)c1ccc(C#N)cc1. The van der Waals surface area contributed by atoms with Crippen LogP contribution in [0.3, 0.4) is 0 Å². The summed E-state index contributed by atoms with van der Waals surface area (Å²) in [4.78, 5) is 0.251. The first-order valence-electron chi connectivity index (χ1n) is 5.04. The van der Waals surface area contributed by atoms with Gasteiger partial charge in [0.2, 0.25) is 10.0 Å². The van der Waals surface area contributed by atoms with E-state index >= 15 is 0 Å². The largest absolute Gasteiger partial charge is 0.243 e. The lowest BCUT2D eigenvalue weighted by Crippen LogP contribution is -2.28. The van der Waals surface area contributed by atoms with Crippen molar-refractivity contribution < 1.29 is 8.42 Å². The molecule has 1 fully saturated rings. The molecule has 1 aromatic carbocycles.